The Kier molecular flexibility index (Phi) is 7.06. The highest BCUT2D eigenvalue weighted by molar-refractivity contribution is 7.90. The number of sulfone groups is 1. The minimum atomic E-state index is -3.60. The molecular weight excluding hydrogens is 462 g/mol. The minimum Gasteiger partial charge on any atom is -0.490 e. The van der Waals surface area contributed by atoms with E-state index < -0.39 is 40.2 Å². The second-order valence-electron chi connectivity index (χ2n) is 7.33. The lowest BCUT2D eigenvalue weighted by atomic mass is 10.1. The van der Waals surface area contributed by atoms with Crippen LogP contribution in [0.4, 0.5) is 19.3 Å². The maximum atomic E-state index is 13.3. The van der Waals surface area contributed by atoms with Crippen molar-refractivity contribution in [3.05, 3.63) is 53.1 Å². The zero-order valence-electron chi connectivity index (χ0n) is 17.7. The second kappa shape index (κ2) is 9.61. The molecule has 0 aliphatic carbocycles. The van der Waals surface area contributed by atoms with Gasteiger partial charge in [0.2, 0.25) is 0 Å². The van der Waals surface area contributed by atoms with Crippen LogP contribution in [0.3, 0.4) is 0 Å². The molecule has 0 saturated heterocycles. The number of benzene rings is 2. The fraction of sp³-hybridized carbons (Fsp3) is 0.333. The Morgan fingerprint density at radius 1 is 1.24 bits per heavy atom. The maximum absolute atomic E-state index is 13.3. The lowest BCUT2D eigenvalue weighted by Crippen LogP contribution is -2.34. The number of anilines is 1. The molecule has 9 nitrogen and oxygen atoms in total. The first kappa shape index (κ1) is 24.2. The number of rotatable bonds is 9. The van der Waals surface area contributed by atoms with E-state index in [1.54, 1.807) is 19.1 Å². The van der Waals surface area contributed by atoms with Gasteiger partial charge in [0.05, 0.1) is 29.7 Å². The van der Waals surface area contributed by atoms with E-state index >= 15 is 0 Å². The van der Waals surface area contributed by atoms with Crippen molar-refractivity contribution in [3.8, 4) is 11.5 Å². The van der Waals surface area contributed by atoms with Gasteiger partial charge in [0.15, 0.2) is 11.5 Å². The van der Waals surface area contributed by atoms with E-state index in [4.69, 9.17) is 9.84 Å². The fourth-order valence-corrected chi connectivity index (χ4v) is 4.65. The Morgan fingerprint density at radius 3 is 2.58 bits per heavy atom. The van der Waals surface area contributed by atoms with Gasteiger partial charge < -0.3 is 19.5 Å². The molecule has 0 aromatic heterocycles. The summed E-state index contributed by atoms with van der Waals surface area (Å²) >= 11 is 0. The zero-order chi connectivity index (χ0) is 24.3. The van der Waals surface area contributed by atoms with Crippen molar-refractivity contribution in [2.75, 3.05) is 23.9 Å². The van der Waals surface area contributed by atoms with Crippen LogP contribution in [0.2, 0.25) is 0 Å². The molecule has 2 N–H and O–H groups in total. The first-order chi connectivity index (χ1) is 15.5. The third-order valence-corrected chi connectivity index (χ3v) is 5.83. The topological polar surface area (TPSA) is 122 Å². The summed E-state index contributed by atoms with van der Waals surface area (Å²) in [5.41, 5.74) is 1.06. The third-order valence-electron chi connectivity index (χ3n) is 4.91. The molecule has 178 valence electrons. The fourth-order valence-electron chi connectivity index (χ4n) is 3.70. The van der Waals surface area contributed by atoms with E-state index in [0.717, 1.165) is 6.26 Å². The highest BCUT2D eigenvalue weighted by Crippen LogP contribution is 2.38. The molecule has 3 rings (SSSR count). The van der Waals surface area contributed by atoms with Crippen LogP contribution in [0.1, 0.15) is 34.5 Å². The van der Waals surface area contributed by atoms with E-state index in [1.807, 2.05) is 0 Å². The molecule has 0 saturated carbocycles. The number of alkyl halides is 2. The van der Waals surface area contributed by atoms with E-state index in [0.29, 0.717) is 11.1 Å². The number of carboxylic acid groups (broad SMARTS) is 1. The summed E-state index contributed by atoms with van der Waals surface area (Å²) in [6.07, 6.45) is -0.332. The van der Waals surface area contributed by atoms with Crippen molar-refractivity contribution in [2.45, 2.75) is 26.1 Å². The number of carbonyl (C=O) groups is 2. The van der Waals surface area contributed by atoms with Gasteiger partial charge in [-0.3, -0.25) is 10.1 Å². The minimum absolute atomic E-state index is 0.0220. The number of hydrogen-bond donors (Lipinski definition) is 2. The molecule has 1 atom stereocenters. The summed E-state index contributed by atoms with van der Waals surface area (Å²) in [6.45, 7) is -1.28. The van der Waals surface area contributed by atoms with Gasteiger partial charge >= 0.3 is 12.7 Å². The van der Waals surface area contributed by atoms with Crippen LogP contribution in [0.15, 0.2) is 36.4 Å². The number of halogens is 2. The zero-order valence-corrected chi connectivity index (χ0v) is 18.6. The average Bonchev–Trinajstić information content (AvgIpc) is 3.04. The highest BCUT2D eigenvalue weighted by Gasteiger charge is 2.37. The van der Waals surface area contributed by atoms with Crippen LogP contribution in [0.5, 0.6) is 11.5 Å². The molecule has 0 spiro atoms. The molecule has 2 aromatic rings. The highest BCUT2D eigenvalue weighted by atomic mass is 32.2. The Morgan fingerprint density at radius 2 is 1.97 bits per heavy atom. The van der Waals surface area contributed by atoms with Gasteiger partial charge in [-0.25, -0.2) is 13.2 Å². The Bertz CT molecular complexity index is 1170. The molecule has 1 heterocycles. The standard InChI is InChI=1S/C21H22F2N2O7S/c1-3-31-17-9-12(7-8-16(17)32-20(22)23)15(11-33(2,29)30)25-10-13-5-4-6-14(24-21(27)28)18(13)19(25)26/h4-9,15,20,24H,3,10-11H2,1-2H3,(H,27,28). The van der Waals surface area contributed by atoms with Gasteiger partial charge in [0, 0.05) is 12.8 Å². The van der Waals surface area contributed by atoms with Gasteiger partial charge in [-0.05, 0) is 36.2 Å². The van der Waals surface area contributed by atoms with E-state index in [-0.39, 0.29) is 35.9 Å². The number of amides is 2. The SMILES string of the molecule is CCOc1cc(C(CS(C)(=O)=O)N2Cc3cccc(NC(=O)O)c3C2=O)ccc1OC(F)F. The lowest BCUT2D eigenvalue weighted by molar-refractivity contribution is -0.0514. The summed E-state index contributed by atoms with van der Waals surface area (Å²) in [7, 11) is -3.60. The normalized spacial score (nSPS) is 14.2. The summed E-state index contributed by atoms with van der Waals surface area (Å²) < 4.78 is 59.7. The summed E-state index contributed by atoms with van der Waals surface area (Å²) in [5, 5.41) is 11.2. The van der Waals surface area contributed by atoms with Gasteiger partial charge in [0.1, 0.15) is 9.84 Å². The average molecular weight is 484 g/mol. The van der Waals surface area contributed by atoms with Crippen LogP contribution in [0, 0.1) is 0 Å². The first-order valence-corrected chi connectivity index (χ1v) is 11.9. The Hall–Kier alpha value is -3.41. The van der Waals surface area contributed by atoms with E-state index in [2.05, 4.69) is 10.1 Å². The van der Waals surface area contributed by atoms with Crippen molar-refractivity contribution in [1.82, 2.24) is 4.90 Å². The van der Waals surface area contributed by atoms with E-state index in [9.17, 15) is 26.8 Å². The second-order valence-corrected chi connectivity index (χ2v) is 9.51. The molecular formula is C21H22F2N2O7S. The molecule has 1 aliphatic rings. The molecule has 1 aliphatic heterocycles. The number of nitrogens with zero attached hydrogens (tertiary/aromatic N) is 1. The number of fused-ring (bicyclic) bond motifs is 1. The van der Waals surface area contributed by atoms with Crippen LogP contribution < -0.4 is 14.8 Å². The molecule has 0 fully saturated rings. The van der Waals surface area contributed by atoms with Crippen LogP contribution in [-0.2, 0) is 16.4 Å². The number of ether oxygens (including phenoxy) is 2. The summed E-state index contributed by atoms with van der Waals surface area (Å²) in [4.78, 5) is 25.7. The van der Waals surface area contributed by atoms with Crippen LogP contribution in [-0.4, -0.2) is 55.7 Å². The predicted octanol–water partition coefficient (Wildman–Crippen LogP) is 3.52. The number of nitrogens with one attached hydrogen (secondary N) is 1. The number of hydrogen-bond acceptors (Lipinski definition) is 6. The number of carbonyl (C=O) groups excluding carboxylic acids is 1. The van der Waals surface area contributed by atoms with Gasteiger partial charge in [-0.2, -0.15) is 8.78 Å². The lowest BCUT2D eigenvalue weighted by Gasteiger charge is -2.28. The Balaban J connectivity index is 2.05. The Labute approximate surface area is 188 Å². The van der Waals surface area contributed by atoms with Crippen molar-refractivity contribution in [1.29, 1.82) is 0 Å². The molecule has 2 amide bonds. The third kappa shape index (κ3) is 5.69. The van der Waals surface area contributed by atoms with Crippen molar-refractivity contribution >= 4 is 27.5 Å². The van der Waals surface area contributed by atoms with Gasteiger partial charge in [-0.15, -0.1) is 0 Å². The summed E-state index contributed by atoms with van der Waals surface area (Å²) in [6, 6.07) is 7.65. The van der Waals surface area contributed by atoms with Crippen molar-refractivity contribution < 1.29 is 41.4 Å². The summed E-state index contributed by atoms with van der Waals surface area (Å²) in [5.74, 6) is -1.26. The van der Waals surface area contributed by atoms with Crippen LogP contribution in [0.25, 0.3) is 0 Å². The van der Waals surface area contributed by atoms with Crippen LogP contribution >= 0.6 is 0 Å². The smallest absolute Gasteiger partial charge is 0.409 e. The molecule has 2 aromatic carbocycles. The predicted molar refractivity (Wildman–Crippen MR) is 115 cm³/mol. The first-order valence-electron chi connectivity index (χ1n) is 9.82. The molecule has 0 radical (unpaired) electrons. The molecule has 0 bridgehead atoms. The quantitative estimate of drug-likeness (QED) is 0.558. The molecule has 33 heavy (non-hydrogen) atoms. The van der Waals surface area contributed by atoms with Gasteiger partial charge in [0.25, 0.3) is 5.91 Å². The van der Waals surface area contributed by atoms with E-state index in [1.165, 1.54) is 29.2 Å². The molecule has 12 heteroatoms. The van der Waals surface area contributed by atoms with Crippen molar-refractivity contribution in [2.24, 2.45) is 0 Å². The monoisotopic (exact) mass is 484 g/mol. The maximum Gasteiger partial charge on any atom is 0.409 e. The molecule has 1 unspecified atom stereocenters. The van der Waals surface area contributed by atoms with Gasteiger partial charge in [-0.1, -0.05) is 18.2 Å². The van der Waals surface area contributed by atoms with Crippen molar-refractivity contribution in [3.63, 3.8) is 0 Å². The largest absolute Gasteiger partial charge is 0.490 e.